The van der Waals surface area contributed by atoms with E-state index in [4.69, 9.17) is 5.73 Å². The van der Waals surface area contributed by atoms with Gasteiger partial charge in [0.15, 0.2) is 0 Å². The maximum absolute atomic E-state index is 6.47. The molecule has 0 aliphatic carbocycles. The number of halogens is 1. The van der Waals surface area contributed by atoms with Crippen molar-refractivity contribution in [2.45, 2.75) is 24.9 Å². The lowest BCUT2D eigenvalue weighted by Gasteiger charge is -2.32. The Morgan fingerprint density at radius 3 is 2.63 bits per heavy atom. The summed E-state index contributed by atoms with van der Waals surface area (Å²) in [7, 11) is 4.40. The molecule has 1 aromatic carbocycles. The van der Waals surface area contributed by atoms with Crippen LogP contribution in [0.1, 0.15) is 12.0 Å². The number of nitrogens with zero attached hydrogens (tertiary/aromatic N) is 2. The van der Waals surface area contributed by atoms with Gasteiger partial charge >= 0.3 is 0 Å². The van der Waals surface area contributed by atoms with Gasteiger partial charge in [0.1, 0.15) is 0 Å². The second-order valence-electron chi connectivity index (χ2n) is 5.66. The molecule has 0 radical (unpaired) electrons. The Morgan fingerprint density at radius 2 is 1.95 bits per heavy atom. The number of hydrogen-bond donors (Lipinski definition) is 1. The molecule has 19 heavy (non-hydrogen) atoms. The third-order valence-electron chi connectivity index (χ3n) is 3.99. The summed E-state index contributed by atoms with van der Waals surface area (Å²) >= 11 is 2.34. The Balaban J connectivity index is 2.00. The molecule has 0 aromatic heterocycles. The van der Waals surface area contributed by atoms with E-state index in [9.17, 15) is 0 Å². The van der Waals surface area contributed by atoms with Gasteiger partial charge in [-0.05, 0) is 80.3 Å². The van der Waals surface area contributed by atoms with Crippen LogP contribution in [0.2, 0.25) is 0 Å². The summed E-state index contributed by atoms with van der Waals surface area (Å²) in [6, 6.07) is 9.36. The Kier molecular flexibility index (Phi) is 5.62. The fourth-order valence-corrected chi connectivity index (χ4v) is 3.16. The quantitative estimate of drug-likeness (QED) is 0.821. The van der Waals surface area contributed by atoms with Gasteiger partial charge in [-0.25, -0.2) is 0 Å². The molecule has 0 bridgehead atoms. The number of rotatable bonds is 3. The minimum atomic E-state index is 0.200. The standard InChI is InChI=1S/C15H24IN3/c1-18-8-3-9-19(2)15(11-18)14(17)10-12-4-6-13(16)7-5-12/h4-7,14-15H,3,8-11,17H2,1-2H3. The van der Waals surface area contributed by atoms with Crippen LogP contribution in [0.3, 0.4) is 0 Å². The molecule has 3 nitrogen and oxygen atoms in total. The lowest BCUT2D eigenvalue weighted by atomic mass is 9.99. The normalized spacial score (nSPS) is 24.1. The van der Waals surface area contributed by atoms with Crippen LogP contribution in [0, 0.1) is 3.57 Å². The monoisotopic (exact) mass is 373 g/mol. The molecule has 2 unspecified atom stereocenters. The van der Waals surface area contributed by atoms with E-state index in [1.807, 2.05) is 0 Å². The fourth-order valence-electron chi connectivity index (χ4n) is 2.80. The second kappa shape index (κ2) is 7.02. The van der Waals surface area contributed by atoms with Crippen LogP contribution >= 0.6 is 22.6 Å². The molecule has 0 amide bonds. The van der Waals surface area contributed by atoms with E-state index in [1.54, 1.807) is 0 Å². The Bertz CT molecular complexity index is 393. The van der Waals surface area contributed by atoms with Gasteiger partial charge in [-0.2, -0.15) is 0 Å². The van der Waals surface area contributed by atoms with Gasteiger partial charge in [0.2, 0.25) is 0 Å². The Morgan fingerprint density at radius 1 is 1.26 bits per heavy atom. The van der Waals surface area contributed by atoms with Crippen LogP contribution in [0.5, 0.6) is 0 Å². The minimum absolute atomic E-state index is 0.200. The molecular formula is C15H24IN3. The van der Waals surface area contributed by atoms with Crippen LogP contribution in [-0.4, -0.2) is 55.6 Å². The van der Waals surface area contributed by atoms with Gasteiger partial charge in [-0.15, -0.1) is 0 Å². The fraction of sp³-hybridized carbons (Fsp3) is 0.600. The average Bonchev–Trinajstić information content (AvgIpc) is 2.54. The van der Waals surface area contributed by atoms with E-state index in [2.05, 4.69) is 70.8 Å². The molecule has 1 fully saturated rings. The summed E-state index contributed by atoms with van der Waals surface area (Å²) < 4.78 is 1.28. The predicted octanol–water partition coefficient (Wildman–Crippen LogP) is 1.80. The van der Waals surface area contributed by atoms with Crippen molar-refractivity contribution in [3.63, 3.8) is 0 Å². The first-order chi connectivity index (χ1) is 9.06. The summed E-state index contributed by atoms with van der Waals surface area (Å²) in [4.78, 5) is 4.84. The average molecular weight is 373 g/mol. The smallest absolute Gasteiger partial charge is 0.0374 e. The molecule has 1 saturated heterocycles. The second-order valence-corrected chi connectivity index (χ2v) is 6.90. The number of likely N-dealkylation sites (N-methyl/N-ethyl adjacent to an activating group) is 2. The maximum atomic E-state index is 6.47. The summed E-state index contributed by atoms with van der Waals surface area (Å²) in [6.07, 6.45) is 2.19. The lowest BCUT2D eigenvalue weighted by molar-refractivity contribution is 0.195. The van der Waals surface area contributed by atoms with Crippen molar-refractivity contribution in [2.75, 3.05) is 33.7 Å². The van der Waals surface area contributed by atoms with Gasteiger partial charge in [0, 0.05) is 22.2 Å². The maximum Gasteiger partial charge on any atom is 0.0374 e. The molecule has 0 spiro atoms. The topological polar surface area (TPSA) is 32.5 Å². The van der Waals surface area contributed by atoms with E-state index in [0.717, 1.165) is 19.5 Å². The lowest BCUT2D eigenvalue weighted by Crippen LogP contribution is -2.51. The Labute approximate surface area is 130 Å². The summed E-state index contributed by atoms with van der Waals surface area (Å²) in [5.74, 6) is 0. The summed E-state index contributed by atoms with van der Waals surface area (Å²) in [5.41, 5.74) is 7.81. The molecule has 1 aliphatic rings. The molecule has 1 aromatic rings. The highest BCUT2D eigenvalue weighted by molar-refractivity contribution is 14.1. The largest absolute Gasteiger partial charge is 0.326 e. The van der Waals surface area contributed by atoms with E-state index >= 15 is 0 Å². The number of nitrogens with two attached hydrogens (primary N) is 1. The summed E-state index contributed by atoms with van der Waals surface area (Å²) in [5, 5.41) is 0. The number of benzene rings is 1. The highest BCUT2D eigenvalue weighted by atomic mass is 127. The van der Waals surface area contributed by atoms with Crippen LogP contribution < -0.4 is 5.73 Å². The first kappa shape index (κ1) is 15.2. The number of hydrogen-bond acceptors (Lipinski definition) is 3. The third kappa shape index (κ3) is 4.41. The van der Waals surface area contributed by atoms with Crippen molar-refractivity contribution in [3.05, 3.63) is 33.4 Å². The molecule has 1 aliphatic heterocycles. The highest BCUT2D eigenvalue weighted by Crippen LogP contribution is 2.14. The third-order valence-corrected chi connectivity index (χ3v) is 4.71. The molecule has 106 valence electrons. The first-order valence-corrected chi connectivity index (χ1v) is 8.03. The van der Waals surface area contributed by atoms with Crippen molar-refractivity contribution in [3.8, 4) is 0 Å². The predicted molar refractivity (Wildman–Crippen MR) is 89.4 cm³/mol. The van der Waals surface area contributed by atoms with Crippen LogP contribution in [-0.2, 0) is 6.42 Å². The molecule has 4 heteroatoms. The zero-order valence-electron chi connectivity index (χ0n) is 11.8. The summed E-state index contributed by atoms with van der Waals surface area (Å²) in [6.45, 7) is 3.40. The molecule has 1 heterocycles. The van der Waals surface area contributed by atoms with Gasteiger partial charge in [-0.1, -0.05) is 12.1 Å². The van der Waals surface area contributed by atoms with Gasteiger partial charge in [0.05, 0.1) is 0 Å². The first-order valence-electron chi connectivity index (χ1n) is 6.95. The highest BCUT2D eigenvalue weighted by Gasteiger charge is 2.26. The van der Waals surface area contributed by atoms with Crippen LogP contribution in [0.25, 0.3) is 0 Å². The SMILES string of the molecule is CN1CCCN(C)C(C(N)Cc2ccc(I)cc2)C1. The molecule has 0 saturated carbocycles. The Hall–Kier alpha value is -0.170. The molecular weight excluding hydrogens is 349 g/mol. The van der Waals surface area contributed by atoms with Crippen molar-refractivity contribution >= 4 is 22.6 Å². The van der Waals surface area contributed by atoms with E-state index in [-0.39, 0.29) is 6.04 Å². The van der Waals surface area contributed by atoms with Crippen molar-refractivity contribution < 1.29 is 0 Å². The zero-order valence-corrected chi connectivity index (χ0v) is 14.0. The van der Waals surface area contributed by atoms with E-state index in [1.165, 1.54) is 22.1 Å². The van der Waals surface area contributed by atoms with Crippen molar-refractivity contribution in [1.82, 2.24) is 9.80 Å². The van der Waals surface area contributed by atoms with Gasteiger partial charge < -0.3 is 15.5 Å². The zero-order chi connectivity index (χ0) is 13.8. The van der Waals surface area contributed by atoms with Crippen LogP contribution in [0.4, 0.5) is 0 Å². The molecule has 2 N–H and O–H groups in total. The molecule has 2 atom stereocenters. The molecule has 2 rings (SSSR count). The van der Waals surface area contributed by atoms with Crippen LogP contribution in [0.15, 0.2) is 24.3 Å². The van der Waals surface area contributed by atoms with Crippen molar-refractivity contribution in [1.29, 1.82) is 0 Å². The van der Waals surface area contributed by atoms with E-state index in [0.29, 0.717) is 6.04 Å². The van der Waals surface area contributed by atoms with Gasteiger partial charge in [0.25, 0.3) is 0 Å². The van der Waals surface area contributed by atoms with Crippen molar-refractivity contribution in [2.24, 2.45) is 5.73 Å². The minimum Gasteiger partial charge on any atom is -0.326 e. The van der Waals surface area contributed by atoms with Gasteiger partial charge in [-0.3, -0.25) is 0 Å². The van der Waals surface area contributed by atoms with E-state index < -0.39 is 0 Å².